The lowest BCUT2D eigenvalue weighted by atomic mass is 10.1. The highest BCUT2D eigenvalue weighted by Crippen LogP contribution is 2.30. The Morgan fingerprint density at radius 3 is 2.29 bits per heavy atom. The summed E-state index contributed by atoms with van der Waals surface area (Å²) in [5.41, 5.74) is -0.799. The van der Waals surface area contributed by atoms with Crippen molar-refractivity contribution in [3.05, 3.63) is 77.1 Å². The highest BCUT2D eigenvalue weighted by molar-refractivity contribution is 6.06. The van der Waals surface area contributed by atoms with Crippen molar-refractivity contribution in [2.45, 2.75) is 6.18 Å². The van der Waals surface area contributed by atoms with E-state index in [1.165, 1.54) is 6.08 Å². The number of alkyl halides is 3. The quantitative estimate of drug-likeness (QED) is 0.454. The van der Waals surface area contributed by atoms with Crippen LogP contribution in [0.5, 0.6) is 0 Å². The van der Waals surface area contributed by atoms with Gasteiger partial charge in [0.25, 0.3) is 0 Å². The summed E-state index contributed by atoms with van der Waals surface area (Å²) in [6, 6.07) is 10.6. The van der Waals surface area contributed by atoms with E-state index < -0.39 is 23.3 Å². The average Bonchev–Trinajstić information content (AvgIpc) is 2.44. The predicted molar refractivity (Wildman–Crippen MR) is 71.2 cm³/mol. The Labute approximate surface area is 118 Å². The van der Waals surface area contributed by atoms with Gasteiger partial charge in [-0.05, 0) is 29.8 Å². The molecule has 108 valence electrons. The van der Waals surface area contributed by atoms with Crippen molar-refractivity contribution in [3.63, 3.8) is 0 Å². The van der Waals surface area contributed by atoms with Crippen LogP contribution in [0.3, 0.4) is 0 Å². The van der Waals surface area contributed by atoms with Gasteiger partial charge in [-0.15, -0.1) is 0 Å². The summed E-state index contributed by atoms with van der Waals surface area (Å²) < 4.78 is 50.9. The van der Waals surface area contributed by atoms with Gasteiger partial charge in [0.05, 0.1) is 5.56 Å². The molecule has 0 radical (unpaired) electrons. The first kappa shape index (κ1) is 15.0. The van der Waals surface area contributed by atoms with Crippen LogP contribution in [-0.4, -0.2) is 5.78 Å². The summed E-state index contributed by atoms with van der Waals surface area (Å²) in [5.74, 6) is -1.79. The lowest BCUT2D eigenvalue weighted by molar-refractivity contribution is -0.137. The molecule has 2 rings (SSSR count). The van der Waals surface area contributed by atoms with Gasteiger partial charge in [0.15, 0.2) is 5.78 Å². The van der Waals surface area contributed by atoms with E-state index in [2.05, 4.69) is 0 Å². The Balaban J connectivity index is 2.28. The molecule has 0 N–H and O–H groups in total. The van der Waals surface area contributed by atoms with Gasteiger partial charge in [-0.1, -0.05) is 36.4 Å². The predicted octanol–water partition coefficient (Wildman–Crippen LogP) is 4.74. The van der Waals surface area contributed by atoms with E-state index in [1.807, 2.05) is 0 Å². The normalized spacial score (nSPS) is 11.8. The van der Waals surface area contributed by atoms with Crippen LogP contribution in [0, 0.1) is 5.82 Å². The maximum absolute atomic E-state index is 13.2. The van der Waals surface area contributed by atoms with Gasteiger partial charge in [0.2, 0.25) is 0 Å². The van der Waals surface area contributed by atoms with Crippen LogP contribution in [0.15, 0.2) is 54.6 Å². The number of hydrogen-bond acceptors (Lipinski definition) is 1. The number of benzene rings is 2. The number of carbonyl (C=O) groups excluding carboxylic acids is 1. The van der Waals surface area contributed by atoms with Gasteiger partial charge in [-0.25, -0.2) is 4.39 Å². The Hall–Kier alpha value is -2.43. The fraction of sp³-hybridized carbons (Fsp3) is 0.0625. The first-order valence-corrected chi connectivity index (χ1v) is 6.01. The number of ketones is 1. The maximum atomic E-state index is 13.2. The van der Waals surface area contributed by atoms with Gasteiger partial charge in [-0.2, -0.15) is 13.2 Å². The standard InChI is InChI=1S/C16H10F4O/c17-14-9-12(8-13(10-14)16(18,19)20)15(21)7-6-11-4-2-1-3-5-11/h1-10H. The van der Waals surface area contributed by atoms with E-state index in [0.717, 1.165) is 17.7 Å². The first-order valence-electron chi connectivity index (χ1n) is 6.01. The van der Waals surface area contributed by atoms with Gasteiger partial charge in [0.1, 0.15) is 5.82 Å². The summed E-state index contributed by atoms with van der Waals surface area (Å²) in [7, 11) is 0. The lowest BCUT2D eigenvalue weighted by Crippen LogP contribution is -2.08. The molecule has 21 heavy (non-hydrogen) atoms. The molecular formula is C16H10F4O. The molecule has 0 aliphatic carbocycles. The molecule has 0 saturated carbocycles. The molecule has 0 aliphatic rings. The van der Waals surface area contributed by atoms with E-state index in [-0.39, 0.29) is 5.56 Å². The molecule has 2 aromatic rings. The van der Waals surface area contributed by atoms with Gasteiger partial charge in [0, 0.05) is 5.56 Å². The Bertz CT molecular complexity index is 672. The van der Waals surface area contributed by atoms with E-state index in [4.69, 9.17) is 0 Å². The Morgan fingerprint density at radius 1 is 1.00 bits per heavy atom. The van der Waals surface area contributed by atoms with Crippen LogP contribution in [-0.2, 0) is 6.18 Å². The fourth-order valence-electron chi connectivity index (χ4n) is 1.73. The number of allylic oxidation sites excluding steroid dienone is 1. The zero-order valence-corrected chi connectivity index (χ0v) is 10.7. The van der Waals surface area contributed by atoms with Gasteiger partial charge in [-0.3, -0.25) is 4.79 Å². The molecule has 0 bridgehead atoms. The fourth-order valence-corrected chi connectivity index (χ4v) is 1.73. The monoisotopic (exact) mass is 294 g/mol. The highest BCUT2D eigenvalue weighted by Gasteiger charge is 2.31. The molecule has 0 unspecified atom stereocenters. The molecule has 0 atom stereocenters. The average molecular weight is 294 g/mol. The van der Waals surface area contributed by atoms with Crippen molar-refractivity contribution in [1.29, 1.82) is 0 Å². The largest absolute Gasteiger partial charge is 0.416 e. The molecule has 0 aliphatic heterocycles. The molecule has 5 heteroatoms. The second kappa shape index (κ2) is 5.91. The third-order valence-electron chi connectivity index (χ3n) is 2.74. The topological polar surface area (TPSA) is 17.1 Å². The number of rotatable bonds is 3. The van der Waals surface area contributed by atoms with Crippen LogP contribution < -0.4 is 0 Å². The summed E-state index contributed by atoms with van der Waals surface area (Å²) in [5, 5.41) is 0. The van der Waals surface area contributed by atoms with E-state index in [0.29, 0.717) is 12.1 Å². The highest BCUT2D eigenvalue weighted by atomic mass is 19.4. The van der Waals surface area contributed by atoms with Crippen molar-refractivity contribution in [2.24, 2.45) is 0 Å². The van der Waals surface area contributed by atoms with E-state index in [9.17, 15) is 22.4 Å². The zero-order chi connectivity index (χ0) is 15.5. The minimum atomic E-state index is -4.69. The van der Waals surface area contributed by atoms with Crippen LogP contribution in [0.2, 0.25) is 0 Å². The molecule has 0 spiro atoms. The van der Waals surface area contributed by atoms with Crippen molar-refractivity contribution < 1.29 is 22.4 Å². The third kappa shape index (κ3) is 4.02. The summed E-state index contributed by atoms with van der Waals surface area (Å²) in [6.07, 6.45) is -2.12. The second-order valence-corrected chi connectivity index (χ2v) is 4.33. The third-order valence-corrected chi connectivity index (χ3v) is 2.74. The molecular weight excluding hydrogens is 284 g/mol. The van der Waals surface area contributed by atoms with Gasteiger partial charge < -0.3 is 0 Å². The Morgan fingerprint density at radius 2 is 1.67 bits per heavy atom. The maximum Gasteiger partial charge on any atom is 0.416 e. The summed E-state index contributed by atoms with van der Waals surface area (Å²) >= 11 is 0. The van der Waals surface area contributed by atoms with Crippen molar-refractivity contribution in [2.75, 3.05) is 0 Å². The van der Waals surface area contributed by atoms with Crippen molar-refractivity contribution in [3.8, 4) is 0 Å². The van der Waals surface area contributed by atoms with E-state index >= 15 is 0 Å². The zero-order valence-electron chi connectivity index (χ0n) is 10.7. The molecule has 0 saturated heterocycles. The summed E-state index contributed by atoms with van der Waals surface area (Å²) in [4.78, 5) is 11.8. The van der Waals surface area contributed by atoms with Crippen LogP contribution in [0.1, 0.15) is 21.5 Å². The molecule has 0 fully saturated rings. The minimum absolute atomic E-state index is 0.338. The minimum Gasteiger partial charge on any atom is -0.289 e. The lowest BCUT2D eigenvalue weighted by Gasteiger charge is -2.08. The first-order chi connectivity index (χ1) is 9.86. The Kier molecular flexibility index (Phi) is 4.21. The smallest absolute Gasteiger partial charge is 0.289 e. The molecule has 0 aromatic heterocycles. The number of carbonyl (C=O) groups is 1. The van der Waals surface area contributed by atoms with Gasteiger partial charge >= 0.3 is 6.18 Å². The molecule has 0 heterocycles. The molecule has 1 nitrogen and oxygen atoms in total. The molecule has 2 aromatic carbocycles. The van der Waals surface area contributed by atoms with Crippen molar-refractivity contribution >= 4 is 11.9 Å². The molecule has 0 amide bonds. The number of halogens is 4. The van der Waals surface area contributed by atoms with Crippen LogP contribution >= 0.6 is 0 Å². The van der Waals surface area contributed by atoms with Crippen molar-refractivity contribution in [1.82, 2.24) is 0 Å². The van der Waals surface area contributed by atoms with Crippen LogP contribution in [0.25, 0.3) is 6.08 Å². The SMILES string of the molecule is O=C(C=Cc1ccccc1)c1cc(F)cc(C(F)(F)F)c1. The second-order valence-electron chi connectivity index (χ2n) is 4.33. The number of hydrogen-bond donors (Lipinski definition) is 0. The van der Waals surface area contributed by atoms with Crippen LogP contribution in [0.4, 0.5) is 17.6 Å². The van der Waals surface area contributed by atoms with E-state index in [1.54, 1.807) is 30.3 Å². The summed E-state index contributed by atoms with van der Waals surface area (Å²) in [6.45, 7) is 0.